The van der Waals surface area contributed by atoms with Crippen molar-refractivity contribution in [1.29, 1.82) is 5.26 Å². The van der Waals surface area contributed by atoms with Gasteiger partial charge in [-0.2, -0.15) is 5.26 Å². The fourth-order valence-corrected chi connectivity index (χ4v) is 1.80. The van der Waals surface area contributed by atoms with Crippen LogP contribution in [-0.2, 0) is 0 Å². The van der Waals surface area contributed by atoms with Crippen molar-refractivity contribution >= 4 is 17.5 Å². The van der Waals surface area contributed by atoms with Gasteiger partial charge in [0.15, 0.2) is 0 Å². The van der Waals surface area contributed by atoms with Crippen molar-refractivity contribution in [2.45, 2.75) is 6.92 Å². The number of anilines is 2. The molecule has 6 heteroatoms. The lowest BCUT2D eigenvalue weighted by atomic mass is 10.2. The van der Waals surface area contributed by atoms with Crippen LogP contribution in [0.25, 0.3) is 0 Å². The van der Waals surface area contributed by atoms with Crippen LogP contribution in [0.1, 0.15) is 21.7 Å². The molecule has 2 rings (SSSR count). The Morgan fingerprint density at radius 2 is 2.18 bits per heavy atom. The number of rotatable bonds is 5. The van der Waals surface area contributed by atoms with E-state index in [9.17, 15) is 4.79 Å². The van der Waals surface area contributed by atoms with Gasteiger partial charge in [0.05, 0.1) is 11.3 Å². The second kappa shape index (κ2) is 6.99. The number of benzene rings is 1. The Morgan fingerprint density at radius 3 is 2.91 bits per heavy atom. The molecule has 0 aliphatic rings. The number of nitrogens with one attached hydrogen (secondary N) is 2. The van der Waals surface area contributed by atoms with E-state index < -0.39 is 5.91 Å². The maximum atomic E-state index is 12.3. The van der Waals surface area contributed by atoms with Crippen LogP contribution in [0.5, 0.6) is 0 Å². The molecule has 0 unspecified atom stereocenters. The van der Waals surface area contributed by atoms with Crippen molar-refractivity contribution in [3.8, 4) is 6.07 Å². The molecular weight excluding hydrogens is 278 g/mol. The molecule has 0 radical (unpaired) electrons. The monoisotopic (exact) mass is 293 g/mol. The quantitative estimate of drug-likeness (QED) is 0.826. The van der Waals surface area contributed by atoms with Crippen LogP contribution in [0.3, 0.4) is 0 Å². The Hall–Kier alpha value is -3.20. The SMILES string of the molecule is C=CCNc1nc(C)cc(C(=O)Nc2ccccc2C#N)n1. The van der Waals surface area contributed by atoms with Crippen LogP contribution >= 0.6 is 0 Å². The first-order valence-electron chi connectivity index (χ1n) is 6.65. The van der Waals surface area contributed by atoms with Crippen LogP contribution in [0.15, 0.2) is 43.0 Å². The largest absolute Gasteiger partial charge is 0.351 e. The summed E-state index contributed by atoms with van der Waals surface area (Å²) >= 11 is 0. The molecule has 0 aliphatic carbocycles. The van der Waals surface area contributed by atoms with Gasteiger partial charge in [0.25, 0.3) is 5.91 Å². The highest BCUT2D eigenvalue weighted by atomic mass is 16.1. The summed E-state index contributed by atoms with van der Waals surface area (Å²) < 4.78 is 0. The highest BCUT2D eigenvalue weighted by Crippen LogP contribution is 2.15. The lowest BCUT2D eigenvalue weighted by Crippen LogP contribution is -2.16. The standard InChI is InChI=1S/C16H15N5O/c1-3-8-18-16-19-11(2)9-14(21-16)15(22)20-13-7-5-4-6-12(13)10-17/h3-7,9H,1,8H2,2H3,(H,20,22)(H,18,19,21). The smallest absolute Gasteiger partial charge is 0.274 e. The molecule has 0 fully saturated rings. The number of aromatic nitrogens is 2. The summed E-state index contributed by atoms with van der Waals surface area (Å²) in [7, 11) is 0. The summed E-state index contributed by atoms with van der Waals surface area (Å²) in [5, 5.41) is 14.7. The minimum absolute atomic E-state index is 0.229. The van der Waals surface area contributed by atoms with Gasteiger partial charge in [0, 0.05) is 12.2 Å². The maximum Gasteiger partial charge on any atom is 0.274 e. The summed E-state index contributed by atoms with van der Waals surface area (Å²) in [6.45, 7) is 5.88. The van der Waals surface area contributed by atoms with Crippen molar-refractivity contribution < 1.29 is 4.79 Å². The number of amides is 1. The lowest BCUT2D eigenvalue weighted by Gasteiger charge is -2.08. The van der Waals surface area contributed by atoms with E-state index in [1.807, 2.05) is 6.07 Å². The molecule has 0 atom stereocenters. The average Bonchev–Trinajstić information content (AvgIpc) is 2.53. The molecule has 22 heavy (non-hydrogen) atoms. The molecule has 0 spiro atoms. The van der Waals surface area contributed by atoms with E-state index in [2.05, 4.69) is 27.2 Å². The van der Waals surface area contributed by atoms with Crippen molar-refractivity contribution in [2.75, 3.05) is 17.2 Å². The molecule has 2 aromatic rings. The van der Waals surface area contributed by atoms with Crippen LogP contribution < -0.4 is 10.6 Å². The zero-order chi connectivity index (χ0) is 15.9. The third-order valence-corrected chi connectivity index (χ3v) is 2.79. The summed E-state index contributed by atoms with van der Waals surface area (Å²) in [5.74, 6) is -0.0338. The zero-order valence-electron chi connectivity index (χ0n) is 12.1. The Kier molecular flexibility index (Phi) is 4.83. The molecule has 6 nitrogen and oxygen atoms in total. The van der Waals surface area contributed by atoms with Gasteiger partial charge in [-0.05, 0) is 25.1 Å². The van der Waals surface area contributed by atoms with Crippen LogP contribution in [0.4, 0.5) is 11.6 Å². The van der Waals surface area contributed by atoms with E-state index in [0.717, 1.165) is 0 Å². The van der Waals surface area contributed by atoms with E-state index in [-0.39, 0.29) is 5.69 Å². The van der Waals surface area contributed by atoms with Gasteiger partial charge in [-0.15, -0.1) is 6.58 Å². The number of carbonyl (C=O) groups is 1. The van der Waals surface area contributed by atoms with Crippen molar-refractivity contribution in [2.24, 2.45) is 0 Å². The number of aryl methyl sites for hydroxylation is 1. The summed E-state index contributed by atoms with van der Waals surface area (Å²) in [5.41, 5.74) is 1.74. The Balaban J connectivity index is 2.24. The highest BCUT2D eigenvalue weighted by Gasteiger charge is 2.12. The third-order valence-electron chi connectivity index (χ3n) is 2.79. The van der Waals surface area contributed by atoms with Crippen molar-refractivity contribution in [1.82, 2.24) is 9.97 Å². The zero-order valence-corrected chi connectivity index (χ0v) is 12.1. The molecule has 1 heterocycles. The first-order chi connectivity index (χ1) is 10.6. The van der Waals surface area contributed by atoms with E-state index in [0.29, 0.717) is 29.4 Å². The molecular formula is C16H15N5O. The summed E-state index contributed by atoms with van der Waals surface area (Å²) in [4.78, 5) is 20.7. The summed E-state index contributed by atoms with van der Waals surface area (Å²) in [6, 6.07) is 10.4. The maximum absolute atomic E-state index is 12.3. The number of nitriles is 1. The molecule has 0 aliphatic heterocycles. The Bertz CT molecular complexity index is 748. The predicted molar refractivity (Wildman–Crippen MR) is 84.6 cm³/mol. The topological polar surface area (TPSA) is 90.7 Å². The van der Waals surface area contributed by atoms with Gasteiger partial charge in [0.1, 0.15) is 11.8 Å². The van der Waals surface area contributed by atoms with E-state index >= 15 is 0 Å². The van der Waals surface area contributed by atoms with E-state index in [4.69, 9.17) is 5.26 Å². The third kappa shape index (κ3) is 3.67. The van der Waals surface area contributed by atoms with Crippen LogP contribution in [0.2, 0.25) is 0 Å². The van der Waals surface area contributed by atoms with Gasteiger partial charge in [-0.1, -0.05) is 18.2 Å². The fourth-order valence-electron chi connectivity index (χ4n) is 1.80. The second-order valence-electron chi connectivity index (χ2n) is 4.50. The van der Waals surface area contributed by atoms with Crippen LogP contribution in [0, 0.1) is 18.3 Å². The average molecular weight is 293 g/mol. The molecule has 0 saturated carbocycles. The molecule has 110 valence electrons. The van der Waals surface area contributed by atoms with E-state index in [1.54, 1.807) is 43.3 Å². The van der Waals surface area contributed by atoms with Gasteiger partial charge in [0.2, 0.25) is 5.95 Å². The summed E-state index contributed by atoms with van der Waals surface area (Å²) in [6.07, 6.45) is 1.68. The molecule has 1 aromatic heterocycles. The Labute approximate surface area is 128 Å². The minimum atomic E-state index is -0.394. The predicted octanol–water partition coefficient (Wildman–Crippen LogP) is 2.51. The number of hydrogen-bond acceptors (Lipinski definition) is 5. The minimum Gasteiger partial charge on any atom is -0.351 e. The van der Waals surface area contributed by atoms with Gasteiger partial charge in [-0.3, -0.25) is 4.79 Å². The first-order valence-corrected chi connectivity index (χ1v) is 6.65. The van der Waals surface area contributed by atoms with E-state index in [1.165, 1.54) is 0 Å². The number of para-hydroxylation sites is 1. The normalized spacial score (nSPS) is 9.64. The molecule has 2 N–H and O–H groups in total. The highest BCUT2D eigenvalue weighted by molar-refractivity contribution is 6.03. The molecule has 0 saturated heterocycles. The fraction of sp³-hybridized carbons (Fsp3) is 0.125. The number of hydrogen-bond donors (Lipinski definition) is 2. The molecule has 1 amide bonds. The van der Waals surface area contributed by atoms with Crippen LogP contribution in [-0.4, -0.2) is 22.4 Å². The Morgan fingerprint density at radius 1 is 1.41 bits per heavy atom. The molecule has 1 aromatic carbocycles. The van der Waals surface area contributed by atoms with Gasteiger partial charge < -0.3 is 10.6 Å². The van der Waals surface area contributed by atoms with Crippen molar-refractivity contribution in [3.05, 3.63) is 59.9 Å². The number of nitrogens with zero attached hydrogens (tertiary/aromatic N) is 3. The lowest BCUT2D eigenvalue weighted by molar-refractivity contribution is 0.102. The van der Waals surface area contributed by atoms with Gasteiger partial charge >= 0.3 is 0 Å². The number of carbonyl (C=O) groups excluding carboxylic acids is 1. The first kappa shape index (κ1) is 15.2. The van der Waals surface area contributed by atoms with Crippen molar-refractivity contribution in [3.63, 3.8) is 0 Å². The second-order valence-corrected chi connectivity index (χ2v) is 4.50. The molecule has 0 bridgehead atoms. The van der Waals surface area contributed by atoms with Gasteiger partial charge in [-0.25, -0.2) is 9.97 Å².